The highest BCUT2D eigenvalue weighted by Crippen LogP contribution is 2.38. The van der Waals surface area contributed by atoms with Crippen LogP contribution in [-0.4, -0.2) is 63.0 Å². The molecule has 0 aromatic heterocycles. The highest BCUT2D eigenvalue weighted by atomic mass is 16.8. The van der Waals surface area contributed by atoms with Crippen molar-refractivity contribution in [2.75, 3.05) is 20.3 Å². The maximum Gasteiger partial charge on any atom is 0.331 e. The van der Waals surface area contributed by atoms with Crippen LogP contribution in [0.2, 0.25) is 0 Å². The molecule has 180 valence electrons. The lowest BCUT2D eigenvalue weighted by Gasteiger charge is -2.49. The number of hydrogen-bond acceptors (Lipinski definition) is 8. The van der Waals surface area contributed by atoms with Crippen molar-refractivity contribution in [1.29, 1.82) is 0 Å². The lowest BCUT2D eigenvalue weighted by Crippen LogP contribution is -2.63. The molecule has 10 nitrogen and oxygen atoms in total. The summed E-state index contributed by atoms with van der Waals surface area (Å²) in [5.74, 6) is -0.176. The van der Waals surface area contributed by atoms with Crippen LogP contribution in [0, 0.1) is 5.92 Å². The molecule has 33 heavy (non-hydrogen) atoms. The molecule has 0 N–H and O–H groups in total. The average molecular weight is 462 g/mol. The first-order valence-corrected chi connectivity index (χ1v) is 11.5. The summed E-state index contributed by atoms with van der Waals surface area (Å²) >= 11 is 0. The van der Waals surface area contributed by atoms with E-state index in [4.69, 9.17) is 28.4 Å². The van der Waals surface area contributed by atoms with E-state index in [1.807, 2.05) is 30.3 Å². The number of nitrogens with zero attached hydrogens (tertiary/aromatic N) is 3. The van der Waals surface area contributed by atoms with Gasteiger partial charge in [0.1, 0.15) is 31.0 Å². The van der Waals surface area contributed by atoms with Gasteiger partial charge in [-0.25, -0.2) is 4.79 Å². The summed E-state index contributed by atoms with van der Waals surface area (Å²) in [7, 11) is 1.29. The van der Waals surface area contributed by atoms with Gasteiger partial charge >= 0.3 is 5.97 Å². The molecule has 4 rings (SSSR count). The Morgan fingerprint density at radius 2 is 2.00 bits per heavy atom. The number of azide groups is 1. The molecule has 0 amide bonds. The van der Waals surface area contributed by atoms with Gasteiger partial charge in [-0.2, -0.15) is 0 Å². The van der Waals surface area contributed by atoms with Crippen LogP contribution in [0.15, 0.2) is 35.4 Å². The fourth-order valence-electron chi connectivity index (χ4n) is 4.71. The smallest absolute Gasteiger partial charge is 0.331 e. The zero-order valence-electron chi connectivity index (χ0n) is 18.9. The first-order valence-electron chi connectivity index (χ1n) is 11.5. The molecule has 5 unspecified atom stereocenters. The number of carbonyl (C=O) groups excluding carboxylic acids is 1. The molecule has 1 aromatic rings. The van der Waals surface area contributed by atoms with E-state index >= 15 is 0 Å². The van der Waals surface area contributed by atoms with E-state index < -0.39 is 42.9 Å². The van der Waals surface area contributed by atoms with Gasteiger partial charge in [0.05, 0.1) is 19.8 Å². The van der Waals surface area contributed by atoms with Crippen molar-refractivity contribution >= 4 is 5.97 Å². The van der Waals surface area contributed by atoms with Gasteiger partial charge in [-0.1, -0.05) is 55.2 Å². The van der Waals surface area contributed by atoms with E-state index in [-0.39, 0.29) is 19.3 Å². The third-order valence-corrected chi connectivity index (χ3v) is 6.53. The number of hydrogen-bond donors (Lipinski definition) is 0. The van der Waals surface area contributed by atoms with Crippen LogP contribution in [0.25, 0.3) is 10.4 Å². The Bertz CT molecular complexity index is 835. The summed E-state index contributed by atoms with van der Waals surface area (Å²) in [6, 6.07) is 8.67. The van der Waals surface area contributed by atoms with E-state index in [2.05, 4.69) is 16.9 Å². The molecule has 1 aromatic carbocycles. The Labute approximate surface area is 193 Å². The van der Waals surface area contributed by atoms with Crippen LogP contribution < -0.4 is 0 Å². The fraction of sp³-hybridized carbons (Fsp3) is 0.696. The number of methoxy groups -OCH3 is 1. The number of esters is 1. The number of ether oxygens (including phenoxy) is 6. The van der Waals surface area contributed by atoms with Crippen molar-refractivity contribution in [3.8, 4) is 0 Å². The summed E-state index contributed by atoms with van der Waals surface area (Å²) in [6.07, 6.45) is 0.821. The topological polar surface area (TPSA) is 121 Å². The van der Waals surface area contributed by atoms with Crippen molar-refractivity contribution in [3.05, 3.63) is 46.3 Å². The molecule has 0 radical (unpaired) electrons. The maximum absolute atomic E-state index is 11.8. The van der Waals surface area contributed by atoms with Crippen LogP contribution in [-0.2, 0) is 33.2 Å². The Kier molecular flexibility index (Phi) is 8.19. The summed E-state index contributed by atoms with van der Waals surface area (Å²) in [4.78, 5) is 14.8. The lowest BCUT2D eigenvalue weighted by atomic mass is 9.87. The molecule has 1 saturated carbocycles. The first kappa shape index (κ1) is 23.9. The molecule has 0 bridgehead atoms. The molecule has 10 heteroatoms. The van der Waals surface area contributed by atoms with Crippen LogP contribution in [0.4, 0.5) is 0 Å². The summed E-state index contributed by atoms with van der Waals surface area (Å²) in [6.45, 7) is 2.08. The highest BCUT2D eigenvalue weighted by molar-refractivity contribution is 5.70. The van der Waals surface area contributed by atoms with Crippen LogP contribution in [0.5, 0.6) is 0 Å². The van der Waals surface area contributed by atoms with E-state index in [1.165, 1.54) is 13.5 Å². The molecular formula is C23H31N3O7. The second-order valence-electron chi connectivity index (χ2n) is 8.70. The van der Waals surface area contributed by atoms with E-state index in [9.17, 15) is 10.3 Å². The summed E-state index contributed by atoms with van der Waals surface area (Å²) < 4.78 is 35.4. The largest absolute Gasteiger partial charge is 0.467 e. The SMILES string of the molecule is COC(=O)CO[C@@H]1C(N=[N+]=[N-])C(OC2CCCC[C@@H]2C)OC2COC(c3ccccc3)O[C@@H]21. The van der Waals surface area contributed by atoms with Gasteiger partial charge in [0, 0.05) is 10.5 Å². The van der Waals surface area contributed by atoms with Gasteiger partial charge in [0.2, 0.25) is 0 Å². The Balaban J connectivity index is 1.57. The third-order valence-electron chi connectivity index (χ3n) is 6.53. The summed E-state index contributed by atoms with van der Waals surface area (Å²) in [5.41, 5.74) is 10.1. The fourth-order valence-corrected chi connectivity index (χ4v) is 4.71. The second-order valence-corrected chi connectivity index (χ2v) is 8.70. The standard InChI is InChI=1S/C23H31N3O7/c1-14-8-6-7-11-16(14)31-23-19(25-26-24)21(29-13-18(27)28-2)20-17(32-23)12-30-22(33-20)15-9-4-3-5-10-15/h3-5,9-10,14,16-17,19-23H,6-8,11-13H2,1-2H3/t14-,16?,17?,19?,20-,21+,22?,23?/m0/s1. The molecule has 8 atom stereocenters. The number of rotatable bonds is 7. The molecule has 0 spiro atoms. The monoisotopic (exact) mass is 461 g/mol. The number of benzene rings is 1. The van der Waals surface area contributed by atoms with Gasteiger partial charge in [0.15, 0.2) is 12.6 Å². The van der Waals surface area contributed by atoms with Gasteiger partial charge < -0.3 is 28.4 Å². The summed E-state index contributed by atoms with van der Waals surface area (Å²) in [5, 5.41) is 3.96. The average Bonchev–Trinajstić information content (AvgIpc) is 2.85. The zero-order valence-corrected chi connectivity index (χ0v) is 18.9. The Morgan fingerprint density at radius 1 is 1.21 bits per heavy atom. The third kappa shape index (κ3) is 5.66. The Morgan fingerprint density at radius 3 is 2.73 bits per heavy atom. The molecule has 2 heterocycles. The molecule has 3 aliphatic rings. The van der Waals surface area contributed by atoms with E-state index in [0.717, 1.165) is 24.8 Å². The molecule has 1 aliphatic carbocycles. The number of carbonyl (C=O) groups is 1. The quantitative estimate of drug-likeness (QED) is 0.263. The van der Waals surface area contributed by atoms with Crippen LogP contribution in [0.1, 0.15) is 44.5 Å². The van der Waals surface area contributed by atoms with Gasteiger partial charge in [-0.05, 0) is 24.3 Å². The van der Waals surface area contributed by atoms with E-state index in [1.54, 1.807) is 0 Å². The van der Waals surface area contributed by atoms with Gasteiger partial charge in [-0.15, -0.1) is 0 Å². The lowest BCUT2D eigenvalue weighted by molar-refractivity contribution is -0.352. The van der Waals surface area contributed by atoms with Crippen molar-refractivity contribution < 1.29 is 33.2 Å². The van der Waals surface area contributed by atoms with Crippen molar-refractivity contribution in [2.45, 2.75) is 75.6 Å². The maximum atomic E-state index is 11.8. The number of fused-ring (bicyclic) bond motifs is 1. The molecular weight excluding hydrogens is 430 g/mol. The molecule has 2 saturated heterocycles. The van der Waals surface area contributed by atoms with E-state index in [0.29, 0.717) is 5.92 Å². The van der Waals surface area contributed by atoms with Crippen molar-refractivity contribution in [2.24, 2.45) is 11.0 Å². The van der Waals surface area contributed by atoms with Crippen LogP contribution in [0.3, 0.4) is 0 Å². The minimum atomic E-state index is -0.843. The second kappa shape index (κ2) is 11.3. The van der Waals surface area contributed by atoms with Gasteiger partial charge in [-0.3, -0.25) is 0 Å². The predicted octanol–water partition coefficient (Wildman–Crippen LogP) is 3.66. The molecule has 3 fully saturated rings. The highest BCUT2D eigenvalue weighted by Gasteiger charge is 2.51. The van der Waals surface area contributed by atoms with Crippen molar-refractivity contribution in [3.63, 3.8) is 0 Å². The Hall–Kier alpha value is -2.20. The minimum Gasteiger partial charge on any atom is -0.467 e. The molecule has 2 aliphatic heterocycles. The normalized spacial score (nSPS) is 36.3. The first-order chi connectivity index (χ1) is 16.1. The minimum absolute atomic E-state index is 0.0135. The van der Waals surface area contributed by atoms with Crippen LogP contribution >= 0.6 is 0 Å². The zero-order chi connectivity index (χ0) is 23.2. The predicted molar refractivity (Wildman–Crippen MR) is 116 cm³/mol. The van der Waals surface area contributed by atoms with Crippen molar-refractivity contribution in [1.82, 2.24) is 0 Å². The van der Waals surface area contributed by atoms with Gasteiger partial charge in [0.25, 0.3) is 0 Å².